The van der Waals surface area contributed by atoms with Gasteiger partial charge in [-0.1, -0.05) is 5.16 Å². The molecule has 1 heterocycles. The van der Waals surface area contributed by atoms with Crippen molar-refractivity contribution in [2.45, 2.75) is 19.3 Å². The molecule has 0 bridgehead atoms. The van der Waals surface area contributed by atoms with Crippen molar-refractivity contribution in [3.63, 3.8) is 0 Å². The molecule has 1 fully saturated rings. The lowest BCUT2D eigenvalue weighted by Gasteiger charge is -1.93. The molecular formula is C6H9NO. The Kier molecular flexibility index (Phi) is 0.802. The second-order valence-corrected chi connectivity index (χ2v) is 2.47. The third-order valence-corrected chi connectivity index (χ3v) is 1.91. The average Bonchev–Trinajstić information content (AvgIpc) is 2.15. The molecule has 1 aliphatic heterocycles. The van der Waals surface area contributed by atoms with Gasteiger partial charge >= 0.3 is 0 Å². The maximum Gasteiger partial charge on any atom is 0.125 e. The first-order valence-electron chi connectivity index (χ1n) is 3.15. The van der Waals surface area contributed by atoms with Gasteiger partial charge in [-0.2, -0.15) is 0 Å². The Morgan fingerprint density at radius 2 is 2.62 bits per heavy atom. The quantitative estimate of drug-likeness (QED) is 0.460. The van der Waals surface area contributed by atoms with Crippen molar-refractivity contribution in [1.29, 1.82) is 0 Å². The summed E-state index contributed by atoms with van der Waals surface area (Å²) in [6.07, 6.45) is 3.82. The van der Waals surface area contributed by atoms with Crippen molar-refractivity contribution in [1.82, 2.24) is 0 Å². The van der Waals surface area contributed by atoms with E-state index in [0.717, 1.165) is 6.61 Å². The van der Waals surface area contributed by atoms with Gasteiger partial charge in [0.2, 0.25) is 0 Å². The molecule has 8 heavy (non-hydrogen) atoms. The summed E-state index contributed by atoms with van der Waals surface area (Å²) in [6.45, 7) is 0.856. The monoisotopic (exact) mass is 111 g/mol. The summed E-state index contributed by atoms with van der Waals surface area (Å²) in [5.41, 5.74) is 1.31. The van der Waals surface area contributed by atoms with Crippen LogP contribution in [0.2, 0.25) is 0 Å². The van der Waals surface area contributed by atoms with Crippen LogP contribution in [0.5, 0.6) is 0 Å². The van der Waals surface area contributed by atoms with Gasteiger partial charge in [0.05, 0.1) is 5.71 Å². The Balaban J connectivity index is 2.20. The van der Waals surface area contributed by atoms with Crippen LogP contribution in [-0.4, -0.2) is 12.3 Å². The van der Waals surface area contributed by atoms with Gasteiger partial charge in [-0.3, -0.25) is 0 Å². The number of fused-ring (bicyclic) bond motifs is 1. The van der Waals surface area contributed by atoms with E-state index in [-0.39, 0.29) is 0 Å². The summed E-state index contributed by atoms with van der Waals surface area (Å²) in [4.78, 5) is 4.90. The van der Waals surface area contributed by atoms with Gasteiger partial charge in [0.1, 0.15) is 6.61 Å². The van der Waals surface area contributed by atoms with Crippen molar-refractivity contribution in [3.8, 4) is 0 Å². The summed E-state index contributed by atoms with van der Waals surface area (Å²) in [5.74, 6) is 0.704. The molecule has 2 nitrogen and oxygen atoms in total. The number of rotatable bonds is 0. The van der Waals surface area contributed by atoms with Crippen molar-refractivity contribution in [3.05, 3.63) is 0 Å². The molecule has 0 amide bonds. The first-order valence-corrected chi connectivity index (χ1v) is 3.15. The van der Waals surface area contributed by atoms with Gasteiger partial charge in [-0.15, -0.1) is 0 Å². The molecule has 0 aromatic heterocycles. The van der Waals surface area contributed by atoms with Crippen LogP contribution in [0.15, 0.2) is 5.16 Å². The third-order valence-electron chi connectivity index (χ3n) is 1.91. The zero-order valence-electron chi connectivity index (χ0n) is 4.76. The van der Waals surface area contributed by atoms with E-state index in [0.29, 0.717) is 5.92 Å². The van der Waals surface area contributed by atoms with Gasteiger partial charge in [0, 0.05) is 5.92 Å². The lowest BCUT2D eigenvalue weighted by atomic mass is 10.1. The fourth-order valence-electron chi connectivity index (χ4n) is 1.41. The van der Waals surface area contributed by atoms with Crippen molar-refractivity contribution >= 4 is 5.71 Å². The predicted molar refractivity (Wildman–Crippen MR) is 30.7 cm³/mol. The molecular weight excluding hydrogens is 102 g/mol. The highest BCUT2D eigenvalue weighted by Crippen LogP contribution is 2.26. The molecule has 0 aromatic carbocycles. The Morgan fingerprint density at radius 1 is 1.62 bits per heavy atom. The van der Waals surface area contributed by atoms with Gasteiger partial charge < -0.3 is 4.84 Å². The van der Waals surface area contributed by atoms with E-state index in [2.05, 4.69) is 5.16 Å². The molecule has 2 heteroatoms. The third kappa shape index (κ3) is 0.457. The van der Waals surface area contributed by atoms with Crippen LogP contribution in [0.1, 0.15) is 19.3 Å². The van der Waals surface area contributed by atoms with Crippen LogP contribution in [-0.2, 0) is 4.84 Å². The molecule has 1 aliphatic carbocycles. The molecule has 0 spiro atoms. The zero-order valence-corrected chi connectivity index (χ0v) is 4.76. The Labute approximate surface area is 48.5 Å². The van der Waals surface area contributed by atoms with Crippen LogP contribution in [0.4, 0.5) is 0 Å². The fraction of sp³-hybridized carbons (Fsp3) is 0.833. The van der Waals surface area contributed by atoms with E-state index >= 15 is 0 Å². The SMILES string of the molecule is C1CC2=NOCC2C1. The molecule has 2 aliphatic rings. The van der Waals surface area contributed by atoms with Crippen LogP contribution < -0.4 is 0 Å². The smallest absolute Gasteiger partial charge is 0.125 e. The topological polar surface area (TPSA) is 21.6 Å². The fourth-order valence-corrected chi connectivity index (χ4v) is 1.41. The van der Waals surface area contributed by atoms with E-state index in [4.69, 9.17) is 4.84 Å². The molecule has 1 unspecified atom stereocenters. The van der Waals surface area contributed by atoms with E-state index < -0.39 is 0 Å². The largest absolute Gasteiger partial charge is 0.395 e. The number of oxime groups is 1. The minimum absolute atomic E-state index is 0.704. The highest BCUT2D eigenvalue weighted by atomic mass is 16.6. The molecule has 0 N–H and O–H groups in total. The first kappa shape index (κ1) is 4.36. The number of hydrogen-bond donors (Lipinski definition) is 0. The lowest BCUT2D eigenvalue weighted by molar-refractivity contribution is 0.152. The number of nitrogens with zero attached hydrogens (tertiary/aromatic N) is 1. The first-order chi connectivity index (χ1) is 3.97. The van der Waals surface area contributed by atoms with Crippen molar-refractivity contribution < 1.29 is 4.84 Å². The van der Waals surface area contributed by atoms with E-state index in [1.165, 1.54) is 25.0 Å². The highest BCUT2D eigenvalue weighted by Gasteiger charge is 2.27. The summed E-state index contributed by atoms with van der Waals surface area (Å²) in [7, 11) is 0. The minimum atomic E-state index is 0.704. The highest BCUT2D eigenvalue weighted by molar-refractivity contribution is 5.89. The van der Waals surface area contributed by atoms with E-state index in [1.54, 1.807) is 0 Å². The molecule has 1 saturated carbocycles. The standard InChI is InChI=1S/C6H9NO/c1-2-5-4-8-7-6(5)3-1/h5H,1-4H2. The summed E-state index contributed by atoms with van der Waals surface area (Å²) < 4.78 is 0. The molecule has 2 rings (SSSR count). The second-order valence-electron chi connectivity index (χ2n) is 2.47. The average molecular weight is 111 g/mol. The van der Waals surface area contributed by atoms with Crippen LogP contribution in [0.3, 0.4) is 0 Å². The van der Waals surface area contributed by atoms with Crippen molar-refractivity contribution in [2.75, 3.05) is 6.61 Å². The zero-order chi connectivity index (χ0) is 5.40. The van der Waals surface area contributed by atoms with E-state index in [9.17, 15) is 0 Å². The van der Waals surface area contributed by atoms with Crippen LogP contribution in [0, 0.1) is 5.92 Å². The van der Waals surface area contributed by atoms with Gasteiger partial charge in [0.25, 0.3) is 0 Å². The second kappa shape index (κ2) is 1.47. The molecule has 0 radical (unpaired) electrons. The predicted octanol–water partition coefficient (Wildman–Crippen LogP) is 1.17. The summed E-state index contributed by atoms with van der Waals surface area (Å²) >= 11 is 0. The Bertz CT molecular complexity index is 130. The minimum Gasteiger partial charge on any atom is -0.395 e. The van der Waals surface area contributed by atoms with Crippen LogP contribution >= 0.6 is 0 Å². The Morgan fingerprint density at radius 3 is 3.50 bits per heavy atom. The normalized spacial score (nSPS) is 34.0. The summed E-state index contributed by atoms with van der Waals surface area (Å²) in [5, 5.41) is 3.91. The maximum absolute atomic E-state index is 4.90. The lowest BCUT2D eigenvalue weighted by Crippen LogP contribution is -2.03. The Hall–Kier alpha value is -0.530. The molecule has 0 aromatic rings. The van der Waals surface area contributed by atoms with Gasteiger partial charge in [0.15, 0.2) is 0 Å². The van der Waals surface area contributed by atoms with Crippen LogP contribution in [0.25, 0.3) is 0 Å². The maximum atomic E-state index is 4.90. The molecule has 0 saturated heterocycles. The molecule has 1 atom stereocenters. The van der Waals surface area contributed by atoms with E-state index in [1.807, 2.05) is 0 Å². The van der Waals surface area contributed by atoms with Gasteiger partial charge in [-0.05, 0) is 19.3 Å². The number of hydrogen-bond acceptors (Lipinski definition) is 2. The van der Waals surface area contributed by atoms with Crippen molar-refractivity contribution in [2.24, 2.45) is 11.1 Å². The summed E-state index contributed by atoms with van der Waals surface area (Å²) in [6, 6.07) is 0. The molecule has 44 valence electrons. The van der Waals surface area contributed by atoms with Gasteiger partial charge in [-0.25, -0.2) is 0 Å².